The van der Waals surface area contributed by atoms with Crippen LogP contribution in [0.15, 0.2) is 44.7 Å². The summed E-state index contributed by atoms with van der Waals surface area (Å²) in [5.74, 6) is 0.279. The zero-order chi connectivity index (χ0) is 24.8. The van der Waals surface area contributed by atoms with Crippen molar-refractivity contribution in [1.82, 2.24) is 9.66 Å². The molecular formula is C24H25BrIN3O5. The summed E-state index contributed by atoms with van der Waals surface area (Å²) < 4.78 is 14.1. The molecule has 180 valence electrons. The predicted octanol–water partition coefficient (Wildman–Crippen LogP) is 5.24. The van der Waals surface area contributed by atoms with Crippen molar-refractivity contribution in [1.29, 1.82) is 0 Å². The maximum Gasteiger partial charge on any atom is 0.344 e. The molecule has 1 atom stereocenters. The normalized spacial score (nSPS) is 12.3. The van der Waals surface area contributed by atoms with E-state index < -0.39 is 12.1 Å². The van der Waals surface area contributed by atoms with E-state index in [2.05, 4.69) is 55.5 Å². The van der Waals surface area contributed by atoms with Crippen LogP contribution in [0.25, 0.3) is 10.9 Å². The summed E-state index contributed by atoms with van der Waals surface area (Å²) in [6, 6.07) is 8.92. The molecule has 0 spiro atoms. The van der Waals surface area contributed by atoms with E-state index in [1.165, 1.54) is 11.6 Å². The van der Waals surface area contributed by atoms with Crippen LogP contribution in [0.2, 0.25) is 0 Å². The second kappa shape index (κ2) is 11.8. The maximum atomic E-state index is 13.2. The Labute approximate surface area is 219 Å². The van der Waals surface area contributed by atoms with Crippen LogP contribution in [0.1, 0.15) is 45.0 Å². The van der Waals surface area contributed by atoms with E-state index in [0.29, 0.717) is 50.4 Å². The summed E-state index contributed by atoms with van der Waals surface area (Å²) in [6.45, 7) is 5.74. The smallest absolute Gasteiger partial charge is 0.344 e. The molecule has 0 amide bonds. The number of ether oxygens (including phenoxy) is 2. The fourth-order valence-electron chi connectivity index (χ4n) is 3.20. The highest BCUT2D eigenvalue weighted by atomic mass is 127. The Morgan fingerprint density at radius 3 is 2.76 bits per heavy atom. The summed E-state index contributed by atoms with van der Waals surface area (Å²) in [6.07, 6.45) is 3.00. The maximum absolute atomic E-state index is 13.2. The molecule has 10 heteroatoms. The van der Waals surface area contributed by atoms with Gasteiger partial charge in [-0.1, -0.05) is 29.3 Å². The summed E-state index contributed by atoms with van der Waals surface area (Å²) in [5, 5.41) is 14.1. The largest absolute Gasteiger partial charge is 0.490 e. The topological polar surface area (TPSA) is 103 Å². The molecule has 8 nitrogen and oxygen atoms in total. The third-order valence-corrected chi connectivity index (χ3v) is 6.22. The van der Waals surface area contributed by atoms with Crippen molar-refractivity contribution in [2.24, 2.45) is 5.10 Å². The minimum Gasteiger partial charge on any atom is -0.490 e. The summed E-state index contributed by atoms with van der Waals surface area (Å²) in [5.41, 5.74) is 1.06. The molecule has 0 saturated carbocycles. The van der Waals surface area contributed by atoms with Gasteiger partial charge in [0.25, 0.3) is 5.56 Å². The number of aromatic nitrogens is 2. The molecular weight excluding hydrogens is 617 g/mol. The molecule has 34 heavy (non-hydrogen) atoms. The number of halogens is 2. The van der Waals surface area contributed by atoms with Gasteiger partial charge in [0, 0.05) is 10.9 Å². The number of aryl methyl sites for hydroxylation is 1. The number of aliphatic carboxylic acids is 1. The number of benzene rings is 2. The third kappa shape index (κ3) is 6.15. The molecule has 3 rings (SSSR count). The van der Waals surface area contributed by atoms with Crippen LogP contribution in [-0.4, -0.2) is 39.7 Å². The average molecular weight is 642 g/mol. The Balaban J connectivity index is 2.07. The highest BCUT2D eigenvalue weighted by Crippen LogP contribution is 2.34. The number of unbranched alkanes of at least 4 members (excludes halogenated alkanes) is 1. The fraction of sp³-hybridized carbons (Fsp3) is 0.333. The highest BCUT2D eigenvalue weighted by Gasteiger charge is 2.19. The summed E-state index contributed by atoms with van der Waals surface area (Å²) in [7, 11) is 0. The zero-order valence-electron chi connectivity index (χ0n) is 19.0. The molecule has 0 radical (unpaired) electrons. The van der Waals surface area contributed by atoms with Crippen LogP contribution in [0.5, 0.6) is 11.5 Å². The minimum absolute atomic E-state index is 0.247. The van der Waals surface area contributed by atoms with E-state index in [-0.39, 0.29) is 5.56 Å². The second-order valence-electron chi connectivity index (χ2n) is 7.52. The van der Waals surface area contributed by atoms with Gasteiger partial charge in [0.1, 0.15) is 5.82 Å². The Bertz CT molecular complexity index is 1290. The zero-order valence-corrected chi connectivity index (χ0v) is 22.8. The van der Waals surface area contributed by atoms with Crippen molar-refractivity contribution in [3.8, 4) is 11.5 Å². The van der Waals surface area contributed by atoms with Crippen molar-refractivity contribution in [3.05, 3.63) is 60.1 Å². The van der Waals surface area contributed by atoms with Crippen LogP contribution in [0.4, 0.5) is 0 Å². The highest BCUT2D eigenvalue weighted by molar-refractivity contribution is 14.1. The van der Waals surface area contributed by atoms with E-state index >= 15 is 0 Å². The summed E-state index contributed by atoms with van der Waals surface area (Å²) in [4.78, 5) is 29.2. The molecule has 3 aromatic rings. The quantitative estimate of drug-likeness (QED) is 0.240. The lowest BCUT2D eigenvalue weighted by atomic mass is 10.2. The van der Waals surface area contributed by atoms with Gasteiger partial charge in [-0.2, -0.15) is 9.78 Å². The number of rotatable bonds is 10. The number of carboxylic acids is 1. The summed E-state index contributed by atoms with van der Waals surface area (Å²) >= 11 is 5.48. The molecule has 0 fully saturated rings. The second-order valence-corrected chi connectivity index (χ2v) is 9.59. The van der Waals surface area contributed by atoms with E-state index in [0.717, 1.165) is 17.3 Å². The number of hydrogen-bond acceptors (Lipinski definition) is 6. The van der Waals surface area contributed by atoms with Crippen LogP contribution >= 0.6 is 38.5 Å². The first-order valence-electron chi connectivity index (χ1n) is 10.9. The third-order valence-electron chi connectivity index (χ3n) is 4.93. The molecule has 1 N–H and O–H groups in total. The van der Waals surface area contributed by atoms with Crippen LogP contribution < -0.4 is 15.0 Å². The van der Waals surface area contributed by atoms with E-state index in [1.54, 1.807) is 24.4 Å². The monoisotopic (exact) mass is 641 g/mol. The van der Waals surface area contributed by atoms with Gasteiger partial charge in [0.05, 0.1) is 27.3 Å². The van der Waals surface area contributed by atoms with Gasteiger partial charge in [-0.3, -0.25) is 4.79 Å². The molecule has 2 aromatic carbocycles. The molecule has 0 saturated heterocycles. The van der Waals surface area contributed by atoms with E-state index in [1.807, 2.05) is 19.1 Å². The van der Waals surface area contributed by atoms with Gasteiger partial charge in [-0.15, -0.1) is 0 Å². The SMILES string of the molecule is CCCCc1nc2ccc(Br)cc2c(=O)n1N=Cc1cc(I)c(O[C@@H](C)C(=O)O)c(OCC)c1. The predicted molar refractivity (Wildman–Crippen MR) is 143 cm³/mol. The molecule has 1 aromatic heterocycles. The van der Waals surface area contributed by atoms with Crippen LogP contribution in [0, 0.1) is 3.57 Å². The number of nitrogens with zero attached hydrogens (tertiary/aromatic N) is 3. The van der Waals surface area contributed by atoms with Gasteiger partial charge in [0.2, 0.25) is 0 Å². The first kappa shape index (κ1) is 26.1. The number of hydrogen-bond donors (Lipinski definition) is 1. The number of fused-ring (bicyclic) bond motifs is 1. The van der Waals surface area contributed by atoms with E-state index in [9.17, 15) is 14.7 Å². The van der Waals surface area contributed by atoms with Gasteiger partial charge in [-0.05, 0) is 78.8 Å². The number of carboxylic acid groups (broad SMARTS) is 1. The lowest BCUT2D eigenvalue weighted by Gasteiger charge is -2.17. The van der Waals surface area contributed by atoms with Crippen molar-refractivity contribution in [2.75, 3.05) is 6.61 Å². The molecule has 0 aliphatic carbocycles. The van der Waals surface area contributed by atoms with Gasteiger partial charge in [-0.25, -0.2) is 9.78 Å². The average Bonchev–Trinajstić information content (AvgIpc) is 2.79. The first-order chi connectivity index (χ1) is 16.2. The van der Waals surface area contributed by atoms with Crippen molar-refractivity contribution in [3.63, 3.8) is 0 Å². The molecule has 0 aliphatic rings. The Morgan fingerprint density at radius 1 is 1.32 bits per heavy atom. The standard InChI is InChI=1S/C24H25BrIN3O5/c1-4-6-7-21-28-19-9-8-16(25)12-17(19)23(30)29(21)27-13-15-10-18(26)22(20(11-15)33-5-2)34-14(3)24(31)32/h8-14H,4-7H2,1-3H3,(H,31,32)/t14-/m0/s1. The van der Waals surface area contributed by atoms with Gasteiger partial charge in [0.15, 0.2) is 17.6 Å². The van der Waals surface area contributed by atoms with Gasteiger partial charge >= 0.3 is 5.97 Å². The molecule has 0 aliphatic heterocycles. The lowest BCUT2D eigenvalue weighted by Crippen LogP contribution is -2.23. The van der Waals surface area contributed by atoms with Gasteiger partial charge < -0.3 is 14.6 Å². The molecule has 0 bridgehead atoms. The Hall–Kier alpha value is -2.47. The van der Waals surface area contributed by atoms with Crippen molar-refractivity contribution in [2.45, 2.75) is 46.1 Å². The fourth-order valence-corrected chi connectivity index (χ4v) is 4.32. The first-order valence-corrected chi connectivity index (χ1v) is 12.7. The van der Waals surface area contributed by atoms with Crippen LogP contribution in [0.3, 0.4) is 0 Å². The van der Waals surface area contributed by atoms with Crippen molar-refractivity contribution >= 4 is 61.6 Å². The van der Waals surface area contributed by atoms with E-state index in [4.69, 9.17) is 9.47 Å². The molecule has 0 unspecified atom stereocenters. The Kier molecular flexibility index (Phi) is 9.06. The van der Waals surface area contributed by atoms with Crippen LogP contribution in [-0.2, 0) is 11.2 Å². The lowest BCUT2D eigenvalue weighted by molar-refractivity contribution is -0.144. The number of carbonyl (C=O) groups is 1. The Morgan fingerprint density at radius 2 is 2.09 bits per heavy atom. The minimum atomic E-state index is -1.07. The van der Waals surface area contributed by atoms with Crippen molar-refractivity contribution < 1.29 is 19.4 Å². The molecule has 1 heterocycles.